The normalized spacial score (nSPS) is 10.6. The van der Waals surface area contributed by atoms with E-state index < -0.39 is 11.8 Å². The summed E-state index contributed by atoms with van der Waals surface area (Å²) in [5, 5.41) is 11.8. The van der Waals surface area contributed by atoms with Gasteiger partial charge in [-0.2, -0.15) is 5.26 Å². The van der Waals surface area contributed by atoms with Gasteiger partial charge in [0, 0.05) is 37.7 Å². The van der Waals surface area contributed by atoms with Gasteiger partial charge < -0.3 is 15.2 Å². The van der Waals surface area contributed by atoms with Crippen LogP contribution in [0.2, 0.25) is 0 Å². The Hall–Kier alpha value is -4.97. The lowest BCUT2D eigenvalue weighted by molar-refractivity contribution is -0.119. The molecule has 3 N–H and O–H groups in total. The number of nitrogens with zero attached hydrogens (tertiary/aromatic N) is 4. The van der Waals surface area contributed by atoms with Crippen molar-refractivity contribution in [3.05, 3.63) is 89.5 Å². The second kappa shape index (κ2) is 11.2. The van der Waals surface area contributed by atoms with Crippen molar-refractivity contribution in [3.8, 4) is 6.07 Å². The minimum Gasteiger partial charge on any atom is -0.370 e. The molecule has 186 valence electrons. The molecule has 0 spiro atoms. The maximum atomic E-state index is 12.8. The Kier molecular flexibility index (Phi) is 7.59. The standard InChI is InChI=1S/C28H26N6O3/c1-33(26(36)14-9-19-5-3-2-4-6-19)22-12-13-24-23(17-22)31-28(34(24)16-15-25(30)35)32-27(37)21-10-7-20(18-29)8-11-21/h2-8,10-13,17H,9,14-16H2,1H3,(H2,30,35)(H,31,32,37). The Morgan fingerprint density at radius 2 is 1.76 bits per heavy atom. The number of nitrogens with two attached hydrogens (primary N) is 1. The smallest absolute Gasteiger partial charge is 0.257 e. The highest BCUT2D eigenvalue weighted by molar-refractivity contribution is 6.04. The minimum absolute atomic E-state index is 0.0364. The molecule has 37 heavy (non-hydrogen) atoms. The van der Waals surface area contributed by atoms with E-state index in [2.05, 4.69) is 10.3 Å². The van der Waals surface area contributed by atoms with Gasteiger partial charge in [-0.3, -0.25) is 19.7 Å². The topological polar surface area (TPSA) is 134 Å². The predicted molar refractivity (Wildman–Crippen MR) is 141 cm³/mol. The average molecular weight is 495 g/mol. The zero-order valence-corrected chi connectivity index (χ0v) is 20.3. The lowest BCUT2D eigenvalue weighted by Gasteiger charge is -2.17. The first-order valence-electron chi connectivity index (χ1n) is 11.8. The molecule has 0 aliphatic heterocycles. The van der Waals surface area contributed by atoms with Gasteiger partial charge in [0.1, 0.15) is 0 Å². The van der Waals surface area contributed by atoms with Gasteiger partial charge in [0.15, 0.2) is 0 Å². The molecule has 0 radical (unpaired) electrons. The first-order valence-corrected chi connectivity index (χ1v) is 11.8. The third-order valence-electron chi connectivity index (χ3n) is 6.05. The van der Waals surface area contributed by atoms with Crippen molar-refractivity contribution >= 4 is 40.4 Å². The summed E-state index contributed by atoms with van der Waals surface area (Å²) in [6.07, 6.45) is 1.06. The summed E-state index contributed by atoms with van der Waals surface area (Å²) in [6.45, 7) is 0.222. The van der Waals surface area contributed by atoms with Crippen LogP contribution in [-0.4, -0.2) is 34.3 Å². The van der Waals surface area contributed by atoms with Crippen molar-refractivity contribution in [1.82, 2.24) is 9.55 Å². The molecule has 0 saturated heterocycles. The largest absolute Gasteiger partial charge is 0.370 e. The highest BCUT2D eigenvalue weighted by Gasteiger charge is 2.18. The molecule has 0 atom stereocenters. The van der Waals surface area contributed by atoms with Crippen molar-refractivity contribution in [2.24, 2.45) is 5.73 Å². The molecule has 0 aliphatic carbocycles. The summed E-state index contributed by atoms with van der Waals surface area (Å²) in [6, 6.07) is 23.4. The van der Waals surface area contributed by atoms with Gasteiger partial charge in [-0.05, 0) is 54.4 Å². The molecule has 0 aliphatic rings. The molecular weight excluding hydrogens is 468 g/mol. The van der Waals surface area contributed by atoms with Crippen molar-refractivity contribution in [1.29, 1.82) is 5.26 Å². The van der Waals surface area contributed by atoms with E-state index in [1.54, 1.807) is 59.0 Å². The molecule has 0 bridgehead atoms. The molecule has 4 rings (SSSR count). The van der Waals surface area contributed by atoms with Crippen LogP contribution in [0.1, 0.15) is 34.3 Å². The number of hydrogen-bond acceptors (Lipinski definition) is 5. The Bertz CT molecular complexity index is 1490. The summed E-state index contributed by atoms with van der Waals surface area (Å²) in [5.74, 6) is -0.674. The highest BCUT2D eigenvalue weighted by atomic mass is 16.2. The number of nitriles is 1. The number of carbonyl (C=O) groups is 3. The summed E-state index contributed by atoms with van der Waals surface area (Å²) in [4.78, 5) is 43.3. The number of benzene rings is 3. The van der Waals surface area contributed by atoms with Gasteiger partial charge >= 0.3 is 0 Å². The number of hydrogen-bond donors (Lipinski definition) is 2. The third kappa shape index (κ3) is 6.00. The Morgan fingerprint density at radius 1 is 1.03 bits per heavy atom. The van der Waals surface area contributed by atoms with Crippen molar-refractivity contribution < 1.29 is 14.4 Å². The van der Waals surface area contributed by atoms with Gasteiger partial charge in [0.25, 0.3) is 5.91 Å². The van der Waals surface area contributed by atoms with E-state index in [9.17, 15) is 14.4 Å². The molecule has 0 fully saturated rings. The highest BCUT2D eigenvalue weighted by Crippen LogP contribution is 2.26. The summed E-state index contributed by atoms with van der Waals surface area (Å²) < 4.78 is 1.71. The number of rotatable bonds is 9. The fraction of sp³-hybridized carbons (Fsp3) is 0.179. The van der Waals surface area contributed by atoms with Crippen LogP contribution in [0.5, 0.6) is 0 Å². The number of aromatic nitrogens is 2. The lowest BCUT2D eigenvalue weighted by atomic mass is 10.1. The van der Waals surface area contributed by atoms with Gasteiger partial charge in [0.05, 0.1) is 22.7 Å². The van der Waals surface area contributed by atoms with Gasteiger partial charge in [0.2, 0.25) is 17.8 Å². The zero-order valence-electron chi connectivity index (χ0n) is 20.3. The van der Waals surface area contributed by atoms with E-state index in [0.29, 0.717) is 40.7 Å². The van der Waals surface area contributed by atoms with Crippen LogP contribution in [0.15, 0.2) is 72.8 Å². The number of imidazole rings is 1. The second-order valence-corrected chi connectivity index (χ2v) is 8.56. The number of amides is 3. The molecule has 3 amide bonds. The summed E-state index contributed by atoms with van der Waals surface area (Å²) in [7, 11) is 1.71. The predicted octanol–water partition coefficient (Wildman–Crippen LogP) is 3.63. The number of carbonyl (C=O) groups excluding carboxylic acids is 3. The van der Waals surface area contributed by atoms with Crippen LogP contribution < -0.4 is 16.0 Å². The Balaban J connectivity index is 1.57. The second-order valence-electron chi connectivity index (χ2n) is 8.56. The van der Waals surface area contributed by atoms with Crippen molar-refractivity contribution in [3.63, 3.8) is 0 Å². The first-order chi connectivity index (χ1) is 17.9. The fourth-order valence-corrected chi connectivity index (χ4v) is 3.95. The molecule has 4 aromatic rings. The maximum Gasteiger partial charge on any atom is 0.257 e. The molecule has 3 aromatic carbocycles. The minimum atomic E-state index is -0.480. The van der Waals surface area contributed by atoms with E-state index in [-0.39, 0.29) is 24.8 Å². The van der Waals surface area contributed by atoms with Crippen LogP contribution >= 0.6 is 0 Å². The monoisotopic (exact) mass is 494 g/mol. The fourth-order valence-electron chi connectivity index (χ4n) is 3.95. The lowest BCUT2D eigenvalue weighted by Crippen LogP contribution is -2.26. The van der Waals surface area contributed by atoms with Gasteiger partial charge in [-0.1, -0.05) is 30.3 Å². The number of nitrogens with one attached hydrogen (secondary N) is 1. The molecule has 0 unspecified atom stereocenters. The molecule has 9 heteroatoms. The number of aryl methyl sites for hydroxylation is 2. The van der Waals surface area contributed by atoms with Crippen LogP contribution in [0.25, 0.3) is 11.0 Å². The molecule has 9 nitrogen and oxygen atoms in total. The van der Waals surface area contributed by atoms with Crippen LogP contribution in [-0.2, 0) is 22.6 Å². The first kappa shape index (κ1) is 25.1. The van der Waals surface area contributed by atoms with E-state index >= 15 is 0 Å². The third-order valence-corrected chi connectivity index (χ3v) is 6.05. The summed E-state index contributed by atoms with van der Waals surface area (Å²) >= 11 is 0. The molecular formula is C28H26N6O3. The Labute approximate surface area is 214 Å². The van der Waals surface area contributed by atoms with E-state index in [1.807, 2.05) is 36.4 Å². The van der Waals surface area contributed by atoms with E-state index in [1.165, 1.54) is 0 Å². The van der Waals surface area contributed by atoms with Crippen LogP contribution in [0, 0.1) is 11.3 Å². The van der Waals surface area contributed by atoms with E-state index in [0.717, 1.165) is 5.56 Å². The number of anilines is 2. The number of fused-ring (bicyclic) bond motifs is 1. The van der Waals surface area contributed by atoms with Gasteiger partial charge in [-0.25, -0.2) is 4.98 Å². The van der Waals surface area contributed by atoms with Gasteiger partial charge in [-0.15, -0.1) is 0 Å². The average Bonchev–Trinajstić information content (AvgIpc) is 3.26. The van der Waals surface area contributed by atoms with Crippen molar-refractivity contribution in [2.75, 3.05) is 17.3 Å². The molecule has 0 saturated carbocycles. The van der Waals surface area contributed by atoms with Crippen LogP contribution in [0.3, 0.4) is 0 Å². The zero-order chi connectivity index (χ0) is 26.4. The van der Waals surface area contributed by atoms with E-state index in [4.69, 9.17) is 11.0 Å². The quantitative estimate of drug-likeness (QED) is 0.366. The molecule has 1 aromatic heterocycles. The molecule has 1 heterocycles. The SMILES string of the molecule is CN(C(=O)CCc1ccccc1)c1ccc2c(c1)nc(NC(=O)c1ccc(C#N)cc1)n2CCC(N)=O. The van der Waals surface area contributed by atoms with Crippen LogP contribution in [0.4, 0.5) is 11.6 Å². The van der Waals surface area contributed by atoms with Crippen molar-refractivity contribution in [2.45, 2.75) is 25.8 Å². The maximum absolute atomic E-state index is 12.8. The Morgan fingerprint density at radius 3 is 2.43 bits per heavy atom. The summed E-state index contributed by atoms with van der Waals surface area (Å²) in [5.41, 5.74) is 9.16. The number of primary amides is 1.